The van der Waals surface area contributed by atoms with Gasteiger partial charge >= 0.3 is 0 Å². The van der Waals surface area contributed by atoms with E-state index in [0.717, 1.165) is 21.9 Å². The standard InChI is InChI=1S/C22H30N2O5S/c1-16(2)29-20-12-10-19(11-13-20)24(30(5,26)27)14-22(25)23-18(4)15-28-21-9-7-6-8-17(21)3/h6-13,16,18H,14-15H2,1-5H3,(H,23,25). The summed E-state index contributed by atoms with van der Waals surface area (Å²) in [6, 6.07) is 13.9. The summed E-state index contributed by atoms with van der Waals surface area (Å²) in [6.07, 6.45) is 1.08. The first kappa shape index (κ1) is 23.5. The number of rotatable bonds is 10. The first-order chi connectivity index (χ1) is 14.1. The molecule has 0 saturated carbocycles. The molecule has 164 valence electrons. The van der Waals surface area contributed by atoms with Gasteiger partial charge in [0.05, 0.1) is 24.1 Å². The molecule has 1 N–H and O–H groups in total. The zero-order chi connectivity index (χ0) is 22.3. The Bertz CT molecular complexity index is 942. The highest BCUT2D eigenvalue weighted by atomic mass is 32.2. The largest absolute Gasteiger partial charge is 0.491 e. The fourth-order valence-electron chi connectivity index (χ4n) is 2.79. The maximum Gasteiger partial charge on any atom is 0.241 e. The van der Waals surface area contributed by atoms with Crippen molar-refractivity contribution in [2.45, 2.75) is 39.8 Å². The summed E-state index contributed by atoms with van der Waals surface area (Å²) >= 11 is 0. The molecule has 0 radical (unpaired) electrons. The summed E-state index contributed by atoms with van der Waals surface area (Å²) in [5.41, 5.74) is 1.40. The molecule has 0 saturated heterocycles. The van der Waals surface area contributed by atoms with E-state index in [9.17, 15) is 13.2 Å². The van der Waals surface area contributed by atoms with Crippen molar-refractivity contribution in [3.05, 3.63) is 54.1 Å². The average molecular weight is 435 g/mol. The van der Waals surface area contributed by atoms with Gasteiger partial charge in [0.2, 0.25) is 15.9 Å². The van der Waals surface area contributed by atoms with E-state index >= 15 is 0 Å². The van der Waals surface area contributed by atoms with E-state index in [1.54, 1.807) is 31.2 Å². The van der Waals surface area contributed by atoms with Gasteiger partial charge < -0.3 is 14.8 Å². The third-order valence-corrected chi connectivity index (χ3v) is 5.31. The molecule has 0 spiro atoms. The van der Waals surface area contributed by atoms with Crippen molar-refractivity contribution in [3.8, 4) is 11.5 Å². The second kappa shape index (κ2) is 10.3. The number of carbonyl (C=O) groups is 1. The molecule has 30 heavy (non-hydrogen) atoms. The van der Waals surface area contributed by atoms with E-state index < -0.39 is 15.9 Å². The predicted octanol–water partition coefficient (Wildman–Crippen LogP) is 3.13. The average Bonchev–Trinajstić information content (AvgIpc) is 2.65. The number of hydrogen-bond donors (Lipinski definition) is 1. The van der Waals surface area contributed by atoms with Crippen molar-refractivity contribution in [3.63, 3.8) is 0 Å². The van der Waals surface area contributed by atoms with Crippen molar-refractivity contribution in [1.82, 2.24) is 5.32 Å². The summed E-state index contributed by atoms with van der Waals surface area (Å²) in [5.74, 6) is 0.970. The lowest BCUT2D eigenvalue weighted by Crippen LogP contribution is -2.44. The van der Waals surface area contributed by atoms with Gasteiger partial charge in [-0.15, -0.1) is 0 Å². The first-order valence-electron chi connectivity index (χ1n) is 9.78. The summed E-state index contributed by atoms with van der Waals surface area (Å²) in [4.78, 5) is 12.5. The molecule has 7 nitrogen and oxygen atoms in total. The maximum atomic E-state index is 12.5. The fourth-order valence-corrected chi connectivity index (χ4v) is 3.65. The molecule has 0 fully saturated rings. The van der Waals surface area contributed by atoms with Crippen molar-refractivity contribution >= 4 is 21.6 Å². The Hall–Kier alpha value is -2.74. The van der Waals surface area contributed by atoms with E-state index in [0.29, 0.717) is 11.4 Å². The molecular weight excluding hydrogens is 404 g/mol. The van der Waals surface area contributed by atoms with Crippen LogP contribution >= 0.6 is 0 Å². The lowest BCUT2D eigenvalue weighted by molar-refractivity contribution is -0.120. The molecule has 0 aliphatic carbocycles. The zero-order valence-electron chi connectivity index (χ0n) is 18.1. The van der Waals surface area contributed by atoms with Gasteiger partial charge in [0.1, 0.15) is 24.7 Å². The molecule has 0 bridgehead atoms. The van der Waals surface area contributed by atoms with Crippen LogP contribution in [0.15, 0.2) is 48.5 Å². The fraction of sp³-hybridized carbons (Fsp3) is 0.409. The SMILES string of the molecule is Cc1ccccc1OCC(C)NC(=O)CN(c1ccc(OC(C)C)cc1)S(C)(=O)=O. The highest BCUT2D eigenvalue weighted by Gasteiger charge is 2.22. The molecule has 0 aromatic heterocycles. The van der Waals surface area contributed by atoms with Crippen molar-refractivity contribution in [2.24, 2.45) is 0 Å². The number of nitrogens with zero attached hydrogens (tertiary/aromatic N) is 1. The third kappa shape index (κ3) is 7.26. The molecule has 0 aliphatic heterocycles. The molecule has 0 heterocycles. The minimum absolute atomic E-state index is 0.0102. The van der Waals surface area contributed by atoms with Gasteiger partial charge in [0.25, 0.3) is 0 Å². The Balaban J connectivity index is 1.99. The van der Waals surface area contributed by atoms with E-state index in [-0.39, 0.29) is 25.3 Å². The second-order valence-electron chi connectivity index (χ2n) is 7.48. The van der Waals surface area contributed by atoms with Crippen LogP contribution in [0.2, 0.25) is 0 Å². The summed E-state index contributed by atoms with van der Waals surface area (Å²) in [5, 5.41) is 2.78. The number of para-hydroxylation sites is 1. The molecule has 2 aromatic carbocycles. The van der Waals surface area contributed by atoms with Gasteiger partial charge in [-0.2, -0.15) is 0 Å². The number of amides is 1. The molecule has 2 rings (SSSR count). The smallest absolute Gasteiger partial charge is 0.241 e. The molecule has 0 aliphatic rings. The van der Waals surface area contributed by atoms with Crippen LogP contribution in [0.1, 0.15) is 26.3 Å². The summed E-state index contributed by atoms with van der Waals surface area (Å²) in [6.45, 7) is 7.52. The van der Waals surface area contributed by atoms with E-state index in [1.807, 2.05) is 45.0 Å². The predicted molar refractivity (Wildman–Crippen MR) is 119 cm³/mol. The molecule has 1 unspecified atom stereocenters. The third-order valence-electron chi connectivity index (χ3n) is 4.17. The highest BCUT2D eigenvalue weighted by molar-refractivity contribution is 7.92. The van der Waals surface area contributed by atoms with Crippen LogP contribution in [0.4, 0.5) is 5.69 Å². The number of benzene rings is 2. The number of hydrogen-bond acceptors (Lipinski definition) is 5. The van der Waals surface area contributed by atoms with Crippen LogP contribution in [0.25, 0.3) is 0 Å². The van der Waals surface area contributed by atoms with Gasteiger partial charge in [-0.3, -0.25) is 9.10 Å². The number of nitrogens with one attached hydrogen (secondary N) is 1. The highest BCUT2D eigenvalue weighted by Crippen LogP contribution is 2.22. The van der Waals surface area contributed by atoms with Crippen LogP contribution in [0, 0.1) is 6.92 Å². The Morgan fingerprint density at radius 2 is 1.70 bits per heavy atom. The van der Waals surface area contributed by atoms with E-state index in [4.69, 9.17) is 9.47 Å². The quantitative estimate of drug-likeness (QED) is 0.621. The second-order valence-corrected chi connectivity index (χ2v) is 9.38. The van der Waals surface area contributed by atoms with Crippen LogP contribution in [0.3, 0.4) is 0 Å². The molecule has 8 heteroatoms. The maximum absolute atomic E-state index is 12.5. The van der Waals surface area contributed by atoms with Crippen molar-refractivity contribution in [2.75, 3.05) is 23.7 Å². The lowest BCUT2D eigenvalue weighted by Gasteiger charge is -2.23. The van der Waals surface area contributed by atoms with E-state index in [1.165, 1.54) is 0 Å². The number of sulfonamides is 1. The van der Waals surface area contributed by atoms with Crippen LogP contribution < -0.4 is 19.1 Å². The number of carbonyl (C=O) groups excluding carboxylic acids is 1. The number of anilines is 1. The first-order valence-corrected chi connectivity index (χ1v) is 11.6. The van der Waals surface area contributed by atoms with Crippen LogP contribution in [-0.2, 0) is 14.8 Å². The van der Waals surface area contributed by atoms with Gasteiger partial charge in [-0.05, 0) is 63.6 Å². The van der Waals surface area contributed by atoms with Crippen LogP contribution in [0.5, 0.6) is 11.5 Å². The Morgan fingerprint density at radius 1 is 1.07 bits per heavy atom. The normalized spacial score (nSPS) is 12.3. The Kier molecular flexibility index (Phi) is 8.11. The van der Waals surface area contributed by atoms with Crippen molar-refractivity contribution in [1.29, 1.82) is 0 Å². The zero-order valence-corrected chi connectivity index (χ0v) is 18.9. The molecular formula is C22H30N2O5S. The molecule has 1 amide bonds. The Morgan fingerprint density at radius 3 is 2.27 bits per heavy atom. The monoisotopic (exact) mass is 434 g/mol. The van der Waals surface area contributed by atoms with Crippen molar-refractivity contribution < 1.29 is 22.7 Å². The minimum atomic E-state index is -3.65. The van der Waals surface area contributed by atoms with Crippen LogP contribution in [-0.4, -0.2) is 45.9 Å². The summed E-state index contributed by atoms with van der Waals surface area (Å²) in [7, 11) is -3.65. The topological polar surface area (TPSA) is 84.9 Å². The number of aryl methyl sites for hydroxylation is 1. The van der Waals surface area contributed by atoms with Gasteiger partial charge in [-0.1, -0.05) is 18.2 Å². The Labute approximate surface area is 179 Å². The van der Waals surface area contributed by atoms with Gasteiger partial charge in [0.15, 0.2) is 0 Å². The molecule has 1 atom stereocenters. The molecule has 2 aromatic rings. The lowest BCUT2D eigenvalue weighted by atomic mass is 10.2. The van der Waals surface area contributed by atoms with Gasteiger partial charge in [-0.25, -0.2) is 8.42 Å². The van der Waals surface area contributed by atoms with E-state index in [2.05, 4.69) is 5.32 Å². The summed E-state index contributed by atoms with van der Waals surface area (Å²) < 4.78 is 36.9. The minimum Gasteiger partial charge on any atom is -0.491 e. The number of ether oxygens (including phenoxy) is 2. The van der Waals surface area contributed by atoms with Gasteiger partial charge in [0, 0.05) is 0 Å².